The summed E-state index contributed by atoms with van der Waals surface area (Å²) < 4.78 is 1.77. The standard InChI is InChI=1S/C19H13N7/c1-2-14-8-13(3-4-16(14)22-7-1)9-19-24-23-18-6-5-17(25-26(18)19)15-10-20-12-21-11-15/h1-8,10-12H,9H2. The Morgan fingerprint density at radius 2 is 1.85 bits per heavy atom. The van der Waals surface area contributed by atoms with Crippen LogP contribution in [0.4, 0.5) is 0 Å². The molecule has 0 fully saturated rings. The summed E-state index contributed by atoms with van der Waals surface area (Å²) in [7, 11) is 0. The normalized spacial score (nSPS) is 11.2. The van der Waals surface area contributed by atoms with Gasteiger partial charge in [0.2, 0.25) is 0 Å². The molecular weight excluding hydrogens is 326 g/mol. The van der Waals surface area contributed by atoms with Crippen LogP contribution >= 0.6 is 0 Å². The van der Waals surface area contributed by atoms with Gasteiger partial charge in [-0.05, 0) is 35.9 Å². The Morgan fingerprint density at radius 3 is 2.77 bits per heavy atom. The Labute approximate surface area is 148 Å². The van der Waals surface area contributed by atoms with E-state index in [1.165, 1.54) is 6.33 Å². The quantitative estimate of drug-likeness (QED) is 0.503. The van der Waals surface area contributed by atoms with Crippen LogP contribution in [0.15, 0.2) is 67.4 Å². The van der Waals surface area contributed by atoms with Gasteiger partial charge in [-0.25, -0.2) is 9.97 Å². The van der Waals surface area contributed by atoms with Gasteiger partial charge in [0.15, 0.2) is 11.5 Å². The number of hydrogen-bond donors (Lipinski definition) is 0. The largest absolute Gasteiger partial charge is 0.256 e. The van der Waals surface area contributed by atoms with Crippen LogP contribution in [0, 0.1) is 0 Å². The monoisotopic (exact) mass is 339 g/mol. The molecule has 0 saturated heterocycles. The van der Waals surface area contributed by atoms with Crippen LogP contribution < -0.4 is 0 Å². The smallest absolute Gasteiger partial charge is 0.177 e. The van der Waals surface area contributed by atoms with Crippen LogP contribution in [0.1, 0.15) is 11.4 Å². The SMILES string of the molecule is c1cnc2ccc(Cc3nnc4ccc(-c5cncnc5)nn34)cc2c1. The molecule has 0 aliphatic carbocycles. The fourth-order valence-corrected chi connectivity index (χ4v) is 2.95. The van der Waals surface area contributed by atoms with E-state index in [2.05, 4.69) is 48.4 Å². The molecule has 4 aromatic heterocycles. The second kappa shape index (κ2) is 5.96. The molecule has 1 aromatic carbocycles. The molecule has 5 aromatic rings. The van der Waals surface area contributed by atoms with Crippen LogP contribution in [-0.4, -0.2) is 34.8 Å². The number of aromatic nitrogens is 7. The minimum Gasteiger partial charge on any atom is -0.256 e. The van der Waals surface area contributed by atoms with Crippen LogP contribution in [0.2, 0.25) is 0 Å². The highest BCUT2D eigenvalue weighted by atomic mass is 15.4. The van der Waals surface area contributed by atoms with Crippen molar-refractivity contribution in [1.29, 1.82) is 0 Å². The van der Waals surface area contributed by atoms with Crippen molar-refractivity contribution in [3.8, 4) is 11.3 Å². The van der Waals surface area contributed by atoms with Gasteiger partial charge in [-0.2, -0.15) is 9.61 Å². The molecule has 0 bridgehead atoms. The van der Waals surface area contributed by atoms with E-state index in [4.69, 9.17) is 0 Å². The van der Waals surface area contributed by atoms with Gasteiger partial charge < -0.3 is 0 Å². The Balaban J connectivity index is 1.55. The summed E-state index contributed by atoms with van der Waals surface area (Å²) in [6.07, 6.45) is 7.41. The number of benzene rings is 1. The molecule has 0 amide bonds. The molecule has 0 aliphatic rings. The molecule has 5 rings (SSSR count). The van der Waals surface area contributed by atoms with Crippen LogP contribution in [0.3, 0.4) is 0 Å². The first-order valence-corrected chi connectivity index (χ1v) is 8.17. The summed E-state index contributed by atoms with van der Waals surface area (Å²) in [4.78, 5) is 12.5. The molecule has 7 heteroatoms. The predicted molar refractivity (Wildman–Crippen MR) is 96.4 cm³/mol. The van der Waals surface area contributed by atoms with E-state index in [0.717, 1.165) is 33.5 Å². The van der Waals surface area contributed by atoms with Crippen molar-refractivity contribution in [2.45, 2.75) is 6.42 Å². The zero-order valence-corrected chi connectivity index (χ0v) is 13.7. The second-order valence-electron chi connectivity index (χ2n) is 5.94. The van der Waals surface area contributed by atoms with Gasteiger partial charge in [0.05, 0.1) is 11.2 Å². The molecule has 0 unspecified atom stereocenters. The third-order valence-electron chi connectivity index (χ3n) is 4.21. The number of fused-ring (bicyclic) bond motifs is 2. The van der Waals surface area contributed by atoms with Crippen molar-refractivity contribution in [1.82, 2.24) is 34.8 Å². The van der Waals surface area contributed by atoms with Crippen molar-refractivity contribution >= 4 is 16.6 Å². The van der Waals surface area contributed by atoms with E-state index in [-0.39, 0.29) is 0 Å². The van der Waals surface area contributed by atoms with Gasteiger partial charge in [0.25, 0.3) is 0 Å². The molecule has 0 saturated carbocycles. The number of hydrogen-bond acceptors (Lipinski definition) is 6. The van der Waals surface area contributed by atoms with Crippen LogP contribution in [-0.2, 0) is 6.42 Å². The highest BCUT2D eigenvalue weighted by Gasteiger charge is 2.10. The highest BCUT2D eigenvalue weighted by Crippen LogP contribution is 2.18. The van der Waals surface area contributed by atoms with E-state index < -0.39 is 0 Å². The third-order valence-corrected chi connectivity index (χ3v) is 4.21. The topological polar surface area (TPSA) is 81.8 Å². The maximum absolute atomic E-state index is 4.66. The van der Waals surface area contributed by atoms with Crippen molar-refractivity contribution in [3.05, 3.63) is 78.8 Å². The lowest BCUT2D eigenvalue weighted by atomic mass is 10.1. The van der Waals surface area contributed by atoms with E-state index in [1.54, 1.807) is 23.1 Å². The maximum atomic E-state index is 4.66. The van der Waals surface area contributed by atoms with Crippen molar-refractivity contribution < 1.29 is 0 Å². The first-order valence-electron chi connectivity index (χ1n) is 8.17. The van der Waals surface area contributed by atoms with Gasteiger partial charge in [0, 0.05) is 36.0 Å². The molecular formula is C19H13N7. The summed E-state index contributed by atoms with van der Waals surface area (Å²) in [5.41, 5.74) is 4.46. The Morgan fingerprint density at radius 1 is 0.923 bits per heavy atom. The molecule has 26 heavy (non-hydrogen) atoms. The molecule has 4 heterocycles. The molecule has 0 aliphatic heterocycles. The summed E-state index contributed by atoms with van der Waals surface area (Å²) >= 11 is 0. The minimum atomic E-state index is 0.633. The highest BCUT2D eigenvalue weighted by molar-refractivity contribution is 5.79. The maximum Gasteiger partial charge on any atom is 0.177 e. The lowest BCUT2D eigenvalue weighted by Crippen LogP contribution is -2.01. The van der Waals surface area contributed by atoms with E-state index in [1.807, 2.05) is 24.3 Å². The lowest BCUT2D eigenvalue weighted by molar-refractivity contribution is 0.841. The average Bonchev–Trinajstić information content (AvgIpc) is 3.10. The molecule has 0 spiro atoms. The number of pyridine rings is 1. The van der Waals surface area contributed by atoms with Gasteiger partial charge in [-0.15, -0.1) is 10.2 Å². The summed E-state index contributed by atoms with van der Waals surface area (Å²) in [5, 5.41) is 14.3. The molecule has 0 N–H and O–H groups in total. The average molecular weight is 339 g/mol. The Hall–Kier alpha value is -3.74. The molecule has 7 nitrogen and oxygen atoms in total. The summed E-state index contributed by atoms with van der Waals surface area (Å²) in [6.45, 7) is 0. The fraction of sp³-hybridized carbons (Fsp3) is 0.0526. The van der Waals surface area contributed by atoms with E-state index in [0.29, 0.717) is 12.1 Å². The zero-order valence-electron chi connectivity index (χ0n) is 13.7. The van der Waals surface area contributed by atoms with Crippen LogP contribution in [0.5, 0.6) is 0 Å². The van der Waals surface area contributed by atoms with Gasteiger partial charge in [-0.1, -0.05) is 12.1 Å². The molecule has 0 radical (unpaired) electrons. The van der Waals surface area contributed by atoms with E-state index >= 15 is 0 Å². The fourth-order valence-electron chi connectivity index (χ4n) is 2.95. The van der Waals surface area contributed by atoms with Crippen molar-refractivity contribution in [2.24, 2.45) is 0 Å². The predicted octanol–water partition coefficient (Wildman–Crippen LogP) is 2.72. The van der Waals surface area contributed by atoms with Gasteiger partial charge >= 0.3 is 0 Å². The molecule has 0 atom stereocenters. The Bertz CT molecular complexity index is 1210. The van der Waals surface area contributed by atoms with Crippen molar-refractivity contribution in [3.63, 3.8) is 0 Å². The van der Waals surface area contributed by atoms with Gasteiger partial charge in [0.1, 0.15) is 6.33 Å². The zero-order chi connectivity index (χ0) is 17.3. The van der Waals surface area contributed by atoms with E-state index in [9.17, 15) is 0 Å². The van der Waals surface area contributed by atoms with Crippen molar-refractivity contribution in [2.75, 3.05) is 0 Å². The summed E-state index contributed by atoms with van der Waals surface area (Å²) in [6, 6.07) is 14.0. The number of nitrogens with zero attached hydrogens (tertiary/aromatic N) is 7. The third kappa shape index (κ3) is 2.55. The number of rotatable bonds is 3. The van der Waals surface area contributed by atoms with Crippen LogP contribution in [0.25, 0.3) is 27.8 Å². The summed E-state index contributed by atoms with van der Waals surface area (Å²) in [5.74, 6) is 0.780. The minimum absolute atomic E-state index is 0.633. The lowest BCUT2D eigenvalue weighted by Gasteiger charge is -2.04. The Kier molecular flexibility index (Phi) is 3.35. The molecule has 124 valence electrons. The first kappa shape index (κ1) is 14.6. The van der Waals surface area contributed by atoms with Gasteiger partial charge in [-0.3, -0.25) is 4.98 Å². The second-order valence-corrected chi connectivity index (χ2v) is 5.94. The first-order chi connectivity index (χ1) is 12.9.